The van der Waals surface area contributed by atoms with Crippen LogP contribution in [0.3, 0.4) is 0 Å². The molecule has 0 aliphatic carbocycles. The van der Waals surface area contributed by atoms with Crippen LogP contribution in [-0.4, -0.2) is 9.91 Å². The van der Waals surface area contributed by atoms with E-state index in [9.17, 15) is 10.1 Å². The minimum absolute atomic E-state index is 0.0606. The van der Waals surface area contributed by atoms with Crippen molar-refractivity contribution in [2.75, 3.05) is 0 Å². The number of aromatic nitrogens is 1. The molecule has 0 amide bonds. The number of nitro groups is 1. The Morgan fingerprint density at radius 2 is 2.21 bits per heavy atom. The highest BCUT2D eigenvalue weighted by Gasteiger charge is 2.11. The summed E-state index contributed by atoms with van der Waals surface area (Å²) in [6, 6.07) is 7.89. The van der Waals surface area contributed by atoms with E-state index in [4.69, 9.17) is 10.5 Å². The first-order chi connectivity index (χ1) is 9.10. The number of ether oxygens (including phenoxy) is 1. The van der Waals surface area contributed by atoms with E-state index in [0.29, 0.717) is 16.1 Å². The van der Waals surface area contributed by atoms with Crippen LogP contribution < -0.4 is 10.5 Å². The van der Waals surface area contributed by atoms with E-state index in [-0.39, 0.29) is 12.2 Å². The minimum Gasteiger partial charge on any atom is -0.438 e. The molecule has 19 heavy (non-hydrogen) atoms. The van der Waals surface area contributed by atoms with Crippen molar-refractivity contribution < 1.29 is 9.66 Å². The van der Waals surface area contributed by atoms with Crippen molar-refractivity contribution in [1.29, 1.82) is 0 Å². The van der Waals surface area contributed by atoms with Gasteiger partial charge in [-0.25, -0.2) is 4.98 Å². The molecule has 0 aliphatic rings. The van der Waals surface area contributed by atoms with Gasteiger partial charge in [0.1, 0.15) is 5.75 Å². The number of hydrogen-bond acceptors (Lipinski definition) is 5. The highest BCUT2D eigenvalue weighted by molar-refractivity contribution is 9.10. The predicted octanol–water partition coefficient (Wildman–Crippen LogP) is 3.00. The fourth-order valence-corrected chi connectivity index (χ4v) is 1.96. The molecular weight excluding hydrogens is 314 g/mol. The lowest BCUT2D eigenvalue weighted by Crippen LogP contribution is -2.01. The van der Waals surface area contributed by atoms with Crippen LogP contribution in [0.15, 0.2) is 41.0 Å². The number of rotatable bonds is 4. The lowest BCUT2D eigenvalue weighted by molar-refractivity contribution is -0.385. The lowest BCUT2D eigenvalue weighted by Gasteiger charge is -2.08. The molecular formula is C12H10BrN3O3. The monoisotopic (exact) mass is 323 g/mol. The Morgan fingerprint density at radius 1 is 1.42 bits per heavy atom. The van der Waals surface area contributed by atoms with Crippen LogP contribution in [0.2, 0.25) is 0 Å². The second-order valence-corrected chi connectivity index (χ2v) is 4.59. The molecule has 1 heterocycles. The summed E-state index contributed by atoms with van der Waals surface area (Å²) in [4.78, 5) is 14.3. The number of benzene rings is 1. The molecule has 6 nitrogen and oxygen atoms in total. The van der Waals surface area contributed by atoms with Gasteiger partial charge < -0.3 is 10.5 Å². The topological polar surface area (TPSA) is 91.3 Å². The zero-order chi connectivity index (χ0) is 13.8. The summed E-state index contributed by atoms with van der Waals surface area (Å²) < 4.78 is 6.10. The highest BCUT2D eigenvalue weighted by atomic mass is 79.9. The Morgan fingerprint density at radius 3 is 2.89 bits per heavy atom. The molecule has 7 heteroatoms. The SMILES string of the molecule is NCc1cccnc1Oc1cc(Br)cc([N+](=O)[O-])c1. The average Bonchev–Trinajstić information content (AvgIpc) is 2.38. The van der Waals surface area contributed by atoms with Crippen molar-refractivity contribution in [1.82, 2.24) is 4.98 Å². The fourth-order valence-electron chi connectivity index (χ4n) is 1.50. The van der Waals surface area contributed by atoms with Gasteiger partial charge >= 0.3 is 0 Å². The van der Waals surface area contributed by atoms with Crippen LogP contribution in [-0.2, 0) is 6.54 Å². The van der Waals surface area contributed by atoms with E-state index in [0.717, 1.165) is 5.56 Å². The third kappa shape index (κ3) is 3.27. The van der Waals surface area contributed by atoms with Crippen molar-refractivity contribution in [3.05, 3.63) is 56.7 Å². The number of nitrogens with two attached hydrogens (primary N) is 1. The first-order valence-electron chi connectivity index (χ1n) is 5.37. The van der Waals surface area contributed by atoms with Crippen LogP contribution in [0.25, 0.3) is 0 Å². The van der Waals surface area contributed by atoms with E-state index in [2.05, 4.69) is 20.9 Å². The van der Waals surface area contributed by atoms with Gasteiger partial charge in [-0.15, -0.1) is 0 Å². The molecule has 0 spiro atoms. The summed E-state index contributed by atoms with van der Waals surface area (Å²) in [5.41, 5.74) is 6.24. The number of halogens is 1. The summed E-state index contributed by atoms with van der Waals surface area (Å²) in [5.74, 6) is 0.673. The van der Waals surface area contributed by atoms with Crippen molar-refractivity contribution >= 4 is 21.6 Å². The number of nitrogens with zero attached hydrogens (tertiary/aromatic N) is 2. The van der Waals surface area contributed by atoms with Crippen molar-refractivity contribution in [3.8, 4) is 11.6 Å². The van der Waals surface area contributed by atoms with Gasteiger partial charge in [-0.05, 0) is 12.1 Å². The molecule has 0 bridgehead atoms. The molecule has 0 saturated heterocycles. The van der Waals surface area contributed by atoms with E-state index < -0.39 is 4.92 Å². The van der Waals surface area contributed by atoms with Gasteiger partial charge in [0.25, 0.3) is 5.69 Å². The summed E-state index contributed by atoms with van der Waals surface area (Å²) in [5, 5.41) is 10.8. The molecule has 98 valence electrons. The predicted molar refractivity (Wildman–Crippen MR) is 73.0 cm³/mol. The van der Waals surface area contributed by atoms with E-state index in [1.54, 1.807) is 24.4 Å². The molecule has 0 unspecified atom stereocenters. The molecule has 0 aliphatic heterocycles. The fraction of sp³-hybridized carbons (Fsp3) is 0.0833. The lowest BCUT2D eigenvalue weighted by atomic mass is 10.2. The molecule has 2 N–H and O–H groups in total. The molecule has 1 aromatic heterocycles. The third-order valence-electron chi connectivity index (χ3n) is 2.35. The highest BCUT2D eigenvalue weighted by Crippen LogP contribution is 2.30. The number of hydrogen-bond donors (Lipinski definition) is 1. The third-order valence-corrected chi connectivity index (χ3v) is 2.81. The molecule has 0 atom stereocenters. The van der Waals surface area contributed by atoms with Gasteiger partial charge in [0.2, 0.25) is 5.88 Å². The van der Waals surface area contributed by atoms with Gasteiger partial charge in [0, 0.05) is 28.8 Å². The minimum atomic E-state index is -0.486. The van der Waals surface area contributed by atoms with Crippen LogP contribution in [0, 0.1) is 10.1 Å². The Labute approximate surface area is 117 Å². The number of non-ortho nitro benzene ring substituents is 1. The molecule has 0 fully saturated rings. The van der Waals surface area contributed by atoms with Gasteiger partial charge in [0.05, 0.1) is 11.0 Å². The standard InChI is InChI=1S/C12H10BrN3O3/c13-9-4-10(16(17)18)6-11(5-9)19-12-8(7-14)2-1-3-15-12/h1-6H,7,14H2. The summed E-state index contributed by atoms with van der Waals surface area (Å²) in [6.07, 6.45) is 1.57. The second kappa shape index (κ2) is 5.77. The van der Waals surface area contributed by atoms with Crippen LogP contribution in [0.5, 0.6) is 11.6 Å². The van der Waals surface area contributed by atoms with Gasteiger partial charge in [-0.2, -0.15) is 0 Å². The molecule has 0 radical (unpaired) electrons. The average molecular weight is 324 g/mol. The van der Waals surface area contributed by atoms with Crippen LogP contribution in [0.4, 0.5) is 5.69 Å². The molecule has 2 rings (SSSR count). The summed E-state index contributed by atoms with van der Waals surface area (Å²) in [7, 11) is 0. The molecule has 2 aromatic rings. The first-order valence-corrected chi connectivity index (χ1v) is 6.16. The Bertz CT molecular complexity index is 619. The van der Waals surface area contributed by atoms with Crippen LogP contribution in [0.1, 0.15) is 5.56 Å². The Kier molecular flexibility index (Phi) is 4.08. The second-order valence-electron chi connectivity index (χ2n) is 3.68. The molecule has 0 saturated carbocycles. The Balaban J connectivity index is 2.35. The van der Waals surface area contributed by atoms with Crippen molar-refractivity contribution in [2.45, 2.75) is 6.54 Å². The molecule has 1 aromatic carbocycles. The number of pyridine rings is 1. The quantitative estimate of drug-likeness (QED) is 0.689. The van der Waals surface area contributed by atoms with Gasteiger partial charge in [-0.3, -0.25) is 10.1 Å². The normalized spacial score (nSPS) is 10.2. The maximum atomic E-state index is 10.8. The van der Waals surface area contributed by atoms with E-state index in [1.165, 1.54) is 12.1 Å². The maximum absolute atomic E-state index is 10.8. The Hall–Kier alpha value is -1.99. The van der Waals surface area contributed by atoms with Crippen LogP contribution >= 0.6 is 15.9 Å². The van der Waals surface area contributed by atoms with Gasteiger partial charge in [0.15, 0.2) is 0 Å². The van der Waals surface area contributed by atoms with E-state index in [1.807, 2.05) is 0 Å². The van der Waals surface area contributed by atoms with E-state index >= 15 is 0 Å². The zero-order valence-electron chi connectivity index (χ0n) is 9.75. The van der Waals surface area contributed by atoms with Crippen molar-refractivity contribution in [2.24, 2.45) is 5.73 Å². The summed E-state index contributed by atoms with van der Waals surface area (Å²) in [6.45, 7) is 0.277. The van der Waals surface area contributed by atoms with Crippen molar-refractivity contribution in [3.63, 3.8) is 0 Å². The first kappa shape index (κ1) is 13.4. The largest absolute Gasteiger partial charge is 0.438 e. The maximum Gasteiger partial charge on any atom is 0.274 e. The summed E-state index contributed by atoms with van der Waals surface area (Å²) >= 11 is 3.20. The number of nitro benzene ring substituents is 1. The van der Waals surface area contributed by atoms with Gasteiger partial charge in [-0.1, -0.05) is 22.0 Å². The smallest absolute Gasteiger partial charge is 0.274 e. The zero-order valence-corrected chi connectivity index (χ0v) is 11.3.